The first-order chi connectivity index (χ1) is 16.3. The lowest BCUT2D eigenvalue weighted by molar-refractivity contribution is 0.602. The Hall–Kier alpha value is -3.71. The van der Waals surface area contributed by atoms with Gasteiger partial charge in [-0.05, 0) is 48.4 Å². The van der Waals surface area contributed by atoms with Crippen molar-refractivity contribution in [1.82, 2.24) is 9.97 Å². The van der Waals surface area contributed by atoms with Gasteiger partial charge in [-0.15, -0.1) is 0 Å². The van der Waals surface area contributed by atoms with Gasteiger partial charge in [0.05, 0.1) is 22.0 Å². The van der Waals surface area contributed by atoms with Crippen LogP contribution >= 0.6 is 0 Å². The number of hydrogen-bond donors (Lipinski definition) is 0. The van der Waals surface area contributed by atoms with E-state index in [0.717, 1.165) is 40.3 Å². The third-order valence-electron chi connectivity index (χ3n) is 6.32. The smallest absolute Gasteiger partial charge is 0.230 e. The zero-order valence-corrected chi connectivity index (χ0v) is 20.2. The molecule has 3 aromatic carbocycles. The van der Waals surface area contributed by atoms with E-state index in [1.807, 2.05) is 48.5 Å². The van der Waals surface area contributed by atoms with Gasteiger partial charge >= 0.3 is 0 Å². The average molecular weight is 471 g/mol. The Kier molecular flexibility index (Phi) is 5.57. The largest absolute Gasteiger partial charge is 0.368 e. The third kappa shape index (κ3) is 4.15. The van der Waals surface area contributed by atoms with E-state index in [4.69, 9.17) is 4.98 Å². The molecule has 1 aliphatic heterocycles. The van der Waals surface area contributed by atoms with Crippen molar-refractivity contribution in [3.05, 3.63) is 85.1 Å². The summed E-state index contributed by atoms with van der Waals surface area (Å²) >= 11 is 0. The summed E-state index contributed by atoms with van der Waals surface area (Å²) in [7, 11) is -1.13. The number of aromatic nitrogens is 2. The van der Waals surface area contributed by atoms with Crippen LogP contribution in [0.2, 0.25) is 0 Å². The predicted molar refractivity (Wildman–Crippen MR) is 137 cm³/mol. The molecule has 0 bridgehead atoms. The highest BCUT2D eigenvalue weighted by Crippen LogP contribution is 2.40. The molecule has 0 fully saturated rings. The number of anilines is 3. The molecule has 5 rings (SSSR count). The van der Waals surface area contributed by atoms with Crippen molar-refractivity contribution in [2.45, 2.75) is 17.9 Å². The van der Waals surface area contributed by atoms with Crippen LogP contribution in [-0.4, -0.2) is 44.3 Å². The number of benzene rings is 3. The van der Waals surface area contributed by atoms with Crippen molar-refractivity contribution in [1.29, 1.82) is 0 Å². The van der Waals surface area contributed by atoms with Crippen LogP contribution in [0.3, 0.4) is 0 Å². The molecule has 1 aromatic heterocycles. The van der Waals surface area contributed by atoms with Crippen LogP contribution in [0.25, 0.3) is 22.4 Å². The number of likely N-dealkylation sites (N-methyl/N-ethyl adjacent to an activating group) is 1. The molecule has 0 N–H and O–H groups in total. The molecule has 1 aliphatic rings. The summed E-state index contributed by atoms with van der Waals surface area (Å²) in [4.78, 5) is 14.3. The number of sulfone groups is 1. The van der Waals surface area contributed by atoms with Crippen LogP contribution in [0.4, 0.5) is 17.3 Å². The summed E-state index contributed by atoms with van der Waals surface area (Å²) in [6, 6.07) is 25.6. The van der Waals surface area contributed by atoms with Crippen molar-refractivity contribution in [2.24, 2.45) is 0 Å². The first kappa shape index (κ1) is 22.1. The number of nitrogens with zero attached hydrogens (tertiary/aromatic N) is 4. The van der Waals surface area contributed by atoms with Crippen LogP contribution in [0.15, 0.2) is 90.0 Å². The van der Waals surface area contributed by atoms with Crippen LogP contribution in [0.1, 0.15) is 6.92 Å². The molecule has 4 aromatic rings. The number of hydrogen-bond acceptors (Lipinski definition) is 6. The molecule has 0 saturated carbocycles. The van der Waals surface area contributed by atoms with Gasteiger partial charge in [-0.25, -0.2) is 18.4 Å². The van der Waals surface area contributed by atoms with Crippen LogP contribution in [0.5, 0.6) is 0 Å². The quantitative estimate of drug-likeness (QED) is 0.409. The molecular formula is C27H26N4O2S. The maximum Gasteiger partial charge on any atom is 0.230 e. The molecule has 6 nitrogen and oxygen atoms in total. The molecule has 0 radical (unpaired) electrons. The predicted octanol–water partition coefficient (Wildman–Crippen LogP) is 5.19. The van der Waals surface area contributed by atoms with Crippen LogP contribution < -0.4 is 9.80 Å². The van der Waals surface area contributed by atoms with Gasteiger partial charge < -0.3 is 9.80 Å². The highest BCUT2D eigenvalue weighted by atomic mass is 32.2. The molecule has 7 heteroatoms. The summed E-state index contributed by atoms with van der Waals surface area (Å²) < 4.78 is 23.7. The van der Waals surface area contributed by atoms with Crippen molar-refractivity contribution in [3.63, 3.8) is 0 Å². The molecule has 1 unspecified atom stereocenters. The lowest BCUT2D eigenvalue weighted by atomic mass is 10.0. The van der Waals surface area contributed by atoms with E-state index in [1.54, 1.807) is 18.3 Å². The summed E-state index contributed by atoms with van der Waals surface area (Å²) in [5.74, 6) is 0.659. The van der Waals surface area contributed by atoms with E-state index in [-0.39, 0.29) is 6.04 Å². The van der Waals surface area contributed by atoms with Crippen molar-refractivity contribution >= 4 is 27.2 Å². The zero-order chi connectivity index (χ0) is 23.9. The van der Waals surface area contributed by atoms with E-state index >= 15 is 0 Å². The molecule has 34 heavy (non-hydrogen) atoms. The van der Waals surface area contributed by atoms with Gasteiger partial charge in [0.2, 0.25) is 5.95 Å². The van der Waals surface area contributed by atoms with E-state index in [1.165, 1.54) is 6.26 Å². The van der Waals surface area contributed by atoms with Crippen molar-refractivity contribution < 1.29 is 8.42 Å². The summed E-state index contributed by atoms with van der Waals surface area (Å²) in [6.07, 6.45) is 3.03. The maximum absolute atomic E-state index is 11.8. The van der Waals surface area contributed by atoms with Gasteiger partial charge in [-0.2, -0.15) is 0 Å². The lowest BCUT2D eigenvalue weighted by Gasteiger charge is -2.40. The van der Waals surface area contributed by atoms with Crippen LogP contribution in [-0.2, 0) is 9.84 Å². The highest BCUT2D eigenvalue weighted by molar-refractivity contribution is 7.90. The van der Waals surface area contributed by atoms with Gasteiger partial charge in [-0.1, -0.05) is 48.5 Å². The Morgan fingerprint density at radius 2 is 1.56 bits per heavy atom. The second kappa shape index (κ2) is 8.57. The Bertz CT molecular complexity index is 1440. The fourth-order valence-electron chi connectivity index (χ4n) is 4.27. The monoisotopic (exact) mass is 470 g/mol. The number of fused-ring (bicyclic) bond motifs is 1. The maximum atomic E-state index is 11.8. The molecule has 1 atom stereocenters. The average Bonchev–Trinajstić information content (AvgIpc) is 2.86. The zero-order valence-electron chi connectivity index (χ0n) is 19.4. The minimum atomic E-state index is -3.23. The topological polar surface area (TPSA) is 66.4 Å². The summed E-state index contributed by atoms with van der Waals surface area (Å²) in [5, 5.41) is 0. The fourth-order valence-corrected chi connectivity index (χ4v) is 4.90. The highest BCUT2D eigenvalue weighted by Gasteiger charge is 2.28. The molecule has 0 amide bonds. The van der Waals surface area contributed by atoms with Gasteiger partial charge in [0.1, 0.15) is 0 Å². The Morgan fingerprint density at radius 1 is 0.853 bits per heavy atom. The van der Waals surface area contributed by atoms with Crippen LogP contribution in [0, 0.1) is 0 Å². The van der Waals surface area contributed by atoms with Crippen molar-refractivity contribution in [2.75, 3.05) is 29.6 Å². The number of rotatable bonds is 4. The van der Waals surface area contributed by atoms with Gasteiger partial charge in [0, 0.05) is 37.7 Å². The standard InChI is InChI=1S/C27H26N4O2S/c1-19-18-31(27-28-16-15-24(29-27)21-7-5-4-6-8-21)26-17-22(11-14-25(26)30(19)2)20-9-12-23(13-10-20)34(3,32)33/h4-17,19H,18H2,1-3H3. The molecular weight excluding hydrogens is 444 g/mol. The summed E-state index contributed by atoms with van der Waals surface area (Å²) in [6.45, 7) is 2.94. The molecule has 0 aliphatic carbocycles. The Morgan fingerprint density at radius 3 is 2.26 bits per heavy atom. The first-order valence-electron chi connectivity index (χ1n) is 11.1. The third-order valence-corrected chi connectivity index (χ3v) is 7.45. The van der Waals surface area contributed by atoms with Gasteiger partial charge in [0.25, 0.3) is 0 Å². The second-order valence-corrected chi connectivity index (χ2v) is 10.7. The van der Waals surface area contributed by atoms with Gasteiger partial charge in [0.15, 0.2) is 9.84 Å². The molecule has 0 saturated heterocycles. The Balaban J connectivity index is 1.58. The summed E-state index contributed by atoms with van der Waals surface area (Å²) in [5.41, 5.74) is 6.01. The molecule has 172 valence electrons. The van der Waals surface area contributed by atoms with Gasteiger partial charge in [-0.3, -0.25) is 0 Å². The van der Waals surface area contributed by atoms with Crippen molar-refractivity contribution in [3.8, 4) is 22.4 Å². The molecule has 0 spiro atoms. The minimum absolute atomic E-state index is 0.274. The first-order valence-corrected chi connectivity index (χ1v) is 13.0. The van der Waals surface area contributed by atoms with E-state index in [0.29, 0.717) is 10.8 Å². The minimum Gasteiger partial charge on any atom is -0.368 e. The molecule has 2 heterocycles. The Labute approximate surface area is 200 Å². The van der Waals surface area contributed by atoms with E-state index in [2.05, 4.69) is 47.0 Å². The van der Waals surface area contributed by atoms with E-state index < -0.39 is 9.84 Å². The SMILES string of the molecule is CC1CN(c2nccc(-c3ccccc3)n2)c2cc(-c3ccc(S(C)(=O)=O)cc3)ccc2N1C. The van der Waals surface area contributed by atoms with E-state index in [9.17, 15) is 8.42 Å². The second-order valence-electron chi connectivity index (χ2n) is 8.68. The fraction of sp³-hybridized carbons (Fsp3) is 0.185. The normalized spacial score (nSPS) is 15.8. The lowest BCUT2D eigenvalue weighted by Crippen LogP contribution is -2.44.